The van der Waals surface area contributed by atoms with Crippen molar-refractivity contribution in [2.24, 2.45) is 5.92 Å². The second-order valence-electron chi connectivity index (χ2n) is 8.05. The first-order chi connectivity index (χ1) is 15.5. The lowest BCUT2D eigenvalue weighted by atomic mass is 9.98. The number of hydrogen-bond acceptors (Lipinski definition) is 6. The van der Waals surface area contributed by atoms with Crippen LogP contribution < -0.4 is 20.8 Å². The quantitative estimate of drug-likeness (QED) is 0.527. The number of aromatic nitrogens is 1. The molecule has 2 fully saturated rings. The second-order valence-corrected chi connectivity index (χ2v) is 8.05. The molecule has 3 unspecified atom stereocenters. The van der Waals surface area contributed by atoms with Gasteiger partial charge in [-0.1, -0.05) is 6.07 Å². The Bertz CT molecular complexity index is 1070. The minimum absolute atomic E-state index is 0.0927. The molecule has 4 N–H and O–H groups in total. The van der Waals surface area contributed by atoms with Gasteiger partial charge in [-0.05, 0) is 43.9 Å². The number of aromatic amines is 1. The zero-order valence-electron chi connectivity index (χ0n) is 17.8. The lowest BCUT2D eigenvalue weighted by Gasteiger charge is -2.35. The zero-order valence-corrected chi connectivity index (χ0v) is 17.8. The molecule has 1 aromatic heterocycles. The number of hydrazine groups is 1. The summed E-state index contributed by atoms with van der Waals surface area (Å²) >= 11 is 0. The summed E-state index contributed by atoms with van der Waals surface area (Å²) in [6.45, 7) is 1.14. The van der Waals surface area contributed by atoms with Crippen molar-refractivity contribution in [3.63, 3.8) is 0 Å². The van der Waals surface area contributed by atoms with Crippen molar-refractivity contribution in [1.82, 2.24) is 26.1 Å². The van der Waals surface area contributed by atoms with E-state index in [9.17, 15) is 19.6 Å². The summed E-state index contributed by atoms with van der Waals surface area (Å²) in [6, 6.07) is 7.70. The first kappa shape index (κ1) is 21.6. The summed E-state index contributed by atoms with van der Waals surface area (Å²) < 4.78 is 5.36. The van der Waals surface area contributed by atoms with Gasteiger partial charge in [0.15, 0.2) is 0 Å². The van der Waals surface area contributed by atoms with Crippen LogP contribution in [0, 0.1) is 17.2 Å². The highest BCUT2D eigenvalue weighted by atomic mass is 16.5. The van der Waals surface area contributed by atoms with Crippen LogP contribution >= 0.6 is 0 Å². The van der Waals surface area contributed by atoms with Crippen LogP contribution in [0.4, 0.5) is 0 Å². The van der Waals surface area contributed by atoms with Gasteiger partial charge in [0.2, 0.25) is 11.8 Å². The molecule has 0 radical (unpaired) electrons. The van der Waals surface area contributed by atoms with Crippen LogP contribution in [0.5, 0.6) is 5.75 Å². The van der Waals surface area contributed by atoms with Gasteiger partial charge < -0.3 is 20.4 Å². The predicted molar refractivity (Wildman–Crippen MR) is 115 cm³/mol. The van der Waals surface area contributed by atoms with Crippen LogP contribution in [-0.2, 0) is 9.59 Å². The van der Waals surface area contributed by atoms with E-state index in [2.05, 4.69) is 27.1 Å². The van der Waals surface area contributed by atoms with Crippen LogP contribution in [0.3, 0.4) is 0 Å². The topological polar surface area (TPSA) is 139 Å². The van der Waals surface area contributed by atoms with Gasteiger partial charge in [0.05, 0.1) is 13.2 Å². The monoisotopic (exact) mass is 438 g/mol. The Morgan fingerprint density at radius 3 is 2.91 bits per heavy atom. The van der Waals surface area contributed by atoms with Gasteiger partial charge in [-0.3, -0.25) is 19.4 Å². The normalized spacial score (nSPS) is 21.6. The lowest BCUT2D eigenvalue weighted by molar-refractivity contribution is -0.129. The van der Waals surface area contributed by atoms with E-state index in [1.807, 2.05) is 18.2 Å². The number of nitriles is 1. The molecule has 10 nitrogen and oxygen atoms in total. The fourth-order valence-electron chi connectivity index (χ4n) is 4.31. The lowest BCUT2D eigenvalue weighted by Crippen LogP contribution is -2.59. The molecule has 3 atom stereocenters. The van der Waals surface area contributed by atoms with Crippen LogP contribution in [0.25, 0.3) is 10.9 Å². The molecule has 4 rings (SSSR count). The Kier molecular flexibility index (Phi) is 6.28. The number of fused-ring (bicyclic) bond motifs is 1. The number of amides is 3. The van der Waals surface area contributed by atoms with E-state index in [1.54, 1.807) is 13.2 Å². The maximum absolute atomic E-state index is 13.3. The summed E-state index contributed by atoms with van der Waals surface area (Å²) in [7, 11) is 1.57. The molecule has 3 heterocycles. The molecule has 0 aliphatic carbocycles. The number of nitrogens with zero attached hydrogens (tertiary/aromatic N) is 2. The van der Waals surface area contributed by atoms with Gasteiger partial charge in [0, 0.05) is 29.9 Å². The van der Waals surface area contributed by atoms with E-state index in [-0.39, 0.29) is 24.2 Å². The van der Waals surface area contributed by atoms with Crippen molar-refractivity contribution in [1.29, 1.82) is 5.26 Å². The second kappa shape index (κ2) is 9.28. The highest BCUT2D eigenvalue weighted by Crippen LogP contribution is 2.27. The fraction of sp³-hybridized carbons (Fsp3) is 0.455. The van der Waals surface area contributed by atoms with Gasteiger partial charge in [0.25, 0.3) is 5.91 Å². The first-order valence-electron chi connectivity index (χ1n) is 10.7. The maximum atomic E-state index is 13.3. The van der Waals surface area contributed by atoms with E-state index in [0.717, 1.165) is 10.9 Å². The molecular weight excluding hydrogens is 412 g/mol. The molecule has 0 saturated carbocycles. The molecule has 2 aliphatic rings. The van der Waals surface area contributed by atoms with E-state index in [0.29, 0.717) is 43.8 Å². The fourth-order valence-corrected chi connectivity index (χ4v) is 4.31. The number of H-pyrrole nitrogens is 1. The highest BCUT2D eigenvalue weighted by molar-refractivity contribution is 6.01. The number of ether oxygens (including phenoxy) is 1. The van der Waals surface area contributed by atoms with Gasteiger partial charge in [-0.2, -0.15) is 5.26 Å². The molecule has 0 bridgehead atoms. The number of carbonyl (C=O) groups excluding carboxylic acids is 3. The minimum atomic E-state index is -0.799. The number of carbonyl (C=O) groups is 3. The highest BCUT2D eigenvalue weighted by Gasteiger charge is 2.35. The third-order valence-corrected chi connectivity index (χ3v) is 6.00. The van der Waals surface area contributed by atoms with Crippen LogP contribution in [0.2, 0.25) is 0 Å². The number of hydrogen-bond donors (Lipinski definition) is 4. The smallest absolute Gasteiger partial charge is 0.285 e. The van der Waals surface area contributed by atoms with Crippen molar-refractivity contribution in [3.05, 3.63) is 30.0 Å². The van der Waals surface area contributed by atoms with Crippen molar-refractivity contribution >= 4 is 28.6 Å². The Morgan fingerprint density at radius 1 is 1.34 bits per heavy atom. The summed E-state index contributed by atoms with van der Waals surface area (Å²) in [5, 5.41) is 17.1. The number of rotatable bonds is 6. The van der Waals surface area contributed by atoms with Crippen molar-refractivity contribution < 1.29 is 19.1 Å². The molecule has 2 saturated heterocycles. The van der Waals surface area contributed by atoms with Gasteiger partial charge in [-0.25, -0.2) is 5.43 Å². The van der Waals surface area contributed by atoms with E-state index >= 15 is 0 Å². The van der Waals surface area contributed by atoms with Crippen LogP contribution in [-0.4, -0.2) is 60.0 Å². The Balaban J connectivity index is 1.49. The molecular formula is C22H26N6O4. The van der Waals surface area contributed by atoms with Gasteiger partial charge in [0.1, 0.15) is 23.5 Å². The zero-order chi connectivity index (χ0) is 22.7. The van der Waals surface area contributed by atoms with E-state index < -0.39 is 18.0 Å². The van der Waals surface area contributed by atoms with Gasteiger partial charge in [-0.15, -0.1) is 0 Å². The van der Waals surface area contributed by atoms with Crippen LogP contribution in [0.15, 0.2) is 24.3 Å². The van der Waals surface area contributed by atoms with E-state index in [1.165, 1.54) is 5.01 Å². The van der Waals surface area contributed by atoms with Crippen molar-refractivity contribution in [2.75, 3.05) is 20.2 Å². The number of benzene rings is 1. The number of methoxy groups -OCH3 is 1. The summed E-state index contributed by atoms with van der Waals surface area (Å²) in [4.78, 5) is 41.2. The third kappa shape index (κ3) is 4.24. The predicted octanol–water partition coefficient (Wildman–Crippen LogP) is 0.820. The molecule has 1 aromatic carbocycles. The largest absolute Gasteiger partial charge is 0.496 e. The molecule has 2 aromatic rings. The average Bonchev–Trinajstić information content (AvgIpc) is 3.43. The SMILES string of the molecule is COc1cccc2[nH]c(C(=O)N3NCCCC3C(=O)NC(C#N)CC3CCNC3=O)cc12. The summed E-state index contributed by atoms with van der Waals surface area (Å²) in [5.74, 6) is -0.518. The maximum Gasteiger partial charge on any atom is 0.285 e. The minimum Gasteiger partial charge on any atom is -0.496 e. The Labute approximate surface area is 185 Å². The Morgan fingerprint density at radius 2 is 2.19 bits per heavy atom. The van der Waals surface area contributed by atoms with E-state index in [4.69, 9.17) is 4.74 Å². The summed E-state index contributed by atoms with van der Waals surface area (Å²) in [6.07, 6.45) is 2.08. The molecule has 2 aliphatic heterocycles. The summed E-state index contributed by atoms with van der Waals surface area (Å²) in [5.41, 5.74) is 4.10. The standard InChI is InChI=1S/C22H26N6O4/c1-32-19-6-2-4-16-15(19)11-17(27-16)22(31)28-18(5-3-8-25-28)21(30)26-14(12-23)10-13-7-9-24-20(13)29/h2,4,6,11,13-14,18,25,27H,3,5,7-10H2,1H3,(H,24,29)(H,26,30). The molecule has 0 spiro atoms. The molecule has 32 heavy (non-hydrogen) atoms. The van der Waals surface area contributed by atoms with Gasteiger partial charge >= 0.3 is 0 Å². The number of nitrogens with one attached hydrogen (secondary N) is 4. The first-order valence-corrected chi connectivity index (χ1v) is 10.7. The van der Waals surface area contributed by atoms with Crippen molar-refractivity contribution in [3.8, 4) is 11.8 Å². The van der Waals surface area contributed by atoms with Crippen molar-refractivity contribution in [2.45, 2.75) is 37.8 Å². The Hall–Kier alpha value is -3.58. The van der Waals surface area contributed by atoms with Crippen LogP contribution in [0.1, 0.15) is 36.2 Å². The molecule has 10 heteroatoms. The molecule has 168 valence electrons. The average molecular weight is 438 g/mol. The third-order valence-electron chi connectivity index (χ3n) is 6.00. The molecule has 3 amide bonds.